The average molecular weight is 182 g/mol. The lowest BCUT2D eigenvalue weighted by Crippen LogP contribution is -2.35. The summed E-state index contributed by atoms with van der Waals surface area (Å²) in [5.74, 6) is 0. The molecule has 0 aliphatic carbocycles. The fraction of sp³-hybridized carbons (Fsp3) is 0.750. The molecule has 0 fully saturated rings. The van der Waals surface area contributed by atoms with E-state index in [1.807, 2.05) is 0 Å². The van der Waals surface area contributed by atoms with Gasteiger partial charge in [0.1, 0.15) is 0 Å². The molecule has 4 N–H and O–H groups in total. The van der Waals surface area contributed by atoms with Crippen LogP contribution in [-0.2, 0) is 13.9 Å². The van der Waals surface area contributed by atoms with E-state index < -0.39 is 20.0 Å². The molecule has 65 valence electrons. The van der Waals surface area contributed by atoms with E-state index in [0.717, 1.165) is 0 Å². The Kier molecular flexibility index (Phi) is 3.85. The molecule has 0 aliphatic heterocycles. The highest BCUT2D eigenvalue weighted by atomic mass is 31.2. The minimum atomic E-state index is -4.55. The summed E-state index contributed by atoms with van der Waals surface area (Å²) in [6.45, 7) is 1.27. The molecule has 0 spiro atoms. The van der Waals surface area contributed by atoms with Gasteiger partial charge >= 0.3 is 7.82 Å². The lowest BCUT2D eigenvalue weighted by Gasteiger charge is -2.14. The third-order valence-electron chi connectivity index (χ3n) is 0.945. The molecule has 1 radical (unpaired) electrons. The van der Waals surface area contributed by atoms with Crippen LogP contribution in [0.25, 0.3) is 0 Å². The van der Waals surface area contributed by atoms with Crippen molar-refractivity contribution in [3.8, 4) is 0 Å². The van der Waals surface area contributed by atoms with E-state index in [0.29, 0.717) is 0 Å². The molecule has 2 atom stereocenters. The van der Waals surface area contributed by atoms with Crippen molar-refractivity contribution in [1.29, 1.82) is 0 Å². The molecule has 0 unspecified atom stereocenters. The zero-order chi connectivity index (χ0) is 9.07. The second-order valence-electron chi connectivity index (χ2n) is 1.94. The summed E-state index contributed by atoms with van der Waals surface area (Å²) in [5, 5.41) is 0. The summed E-state index contributed by atoms with van der Waals surface area (Å²) >= 11 is 0. The van der Waals surface area contributed by atoms with Crippen molar-refractivity contribution in [1.82, 2.24) is 0 Å². The maximum Gasteiger partial charge on any atom is 0.469 e. The van der Waals surface area contributed by atoms with Gasteiger partial charge < -0.3 is 15.5 Å². The first-order valence-electron chi connectivity index (χ1n) is 2.74. The van der Waals surface area contributed by atoms with E-state index in [4.69, 9.17) is 15.5 Å². The standard InChI is InChI=1S/C4H9NO5P/c1-3(4(5)2-6)10-11(7,8)9/h3-4H,5H2,1H3,(H2,7,8,9)/t3-,4-/m1/s1. The molecular weight excluding hydrogens is 173 g/mol. The molecule has 6 nitrogen and oxygen atoms in total. The first-order chi connectivity index (χ1) is 4.87. The average Bonchev–Trinajstić information content (AvgIpc) is 1.82. The highest BCUT2D eigenvalue weighted by Gasteiger charge is 2.23. The topological polar surface area (TPSA) is 110 Å². The van der Waals surface area contributed by atoms with Gasteiger partial charge in [-0.15, -0.1) is 0 Å². The number of rotatable bonds is 4. The third kappa shape index (κ3) is 5.06. The van der Waals surface area contributed by atoms with E-state index in [1.54, 1.807) is 0 Å². The monoisotopic (exact) mass is 182 g/mol. The zero-order valence-electron chi connectivity index (χ0n) is 5.80. The molecule has 0 aliphatic rings. The summed E-state index contributed by atoms with van der Waals surface area (Å²) in [5.41, 5.74) is 5.03. The van der Waals surface area contributed by atoms with Crippen LogP contribution in [0.4, 0.5) is 0 Å². The quantitative estimate of drug-likeness (QED) is 0.477. The Morgan fingerprint density at radius 2 is 2.09 bits per heavy atom. The molecule has 0 aromatic rings. The Morgan fingerprint density at radius 3 is 2.36 bits per heavy atom. The van der Waals surface area contributed by atoms with Gasteiger partial charge in [-0.1, -0.05) is 0 Å². The first kappa shape index (κ1) is 10.7. The van der Waals surface area contributed by atoms with Gasteiger partial charge in [0, 0.05) is 0 Å². The third-order valence-corrected chi connectivity index (χ3v) is 1.55. The lowest BCUT2D eigenvalue weighted by molar-refractivity contribution is 0.139. The highest BCUT2D eigenvalue weighted by Crippen LogP contribution is 2.37. The highest BCUT2D eigenvalue weighted by molar-refractivity contribution is 7.46. The Bertz CT molecular complexity index is 177. The van der Waals surface area contributed by atoms with Gasteiger partial charge in [-0.05, 0) is 6.92 Å². The molecule has 0 bridgehead atoms. The van der Waals surface area contributed by atoms with Crippen molar-refractivity contribution in [2.75, 3.05) is 0 Å². The van der Waals surface area contributed by atoms with Gasteiger partial charge in [0.25, 0.3) is 0 Å². The molecule has 7 heteroatoms. The second-order valence-corrected chi connectivity index (χ2v) is 3.14. The van der Waals surface area contributed by atoms with E-state index >= 15 is 0 Å². The summed E-state index contributed by atoms with van der Waals surface area (Å²) in [6.07, 6.45) is 0.313. The lowest BCUT2D eigenvalue weighted by atomic mass is 10.2. The molecule has 0 amide bonds. The van der Waals surface area contributed by atoms with Gasteiger partial charge in [0.2, 0.25) is 6.29 Å². The van der Waals surface area contributed by atoms with Crippen LogP contribution >= 0.6 is 7.82 Å². The van der Waals surface area contributed by atoms with Gasteiger partial charge in [-0.25, -0.2) is 4.57 Å². The van der Waals surface area contributed by atoms with Gasteiger partial charge in [0.15, 0.2) is 0 Å². The molecule has 0 rings (SSSR count). The number of hydrogen-bond acceptors (Lipinski definition) is 4. The van der Waals surface area contributed by atoms with Gasteiger partial charge in [0.05, 0.1) is 12.1 Å². The molecule has 0 saturated carbocycles. The van der Waals surface area contributed by atoms with E-state index in [1.165, 1.54) is 13.2 Å². The number of phosphoric acid groups is 1. The Labute approximate surface area is 63.6 Å². The predicted molar refractivity (Wildman–Crippen MR) is 36.3 cm³/mol. The van der Waals surface area contributed by atoms with Crippen LogP contribution in [0.3, 0.4) is 0 Å². The molecule has 0 heterocycles. The fourth-order valence-corrected chi connectivity index (χ4v) is 0.942. The number of phosphoric ester groups is 1. The molecule has 11 heavy (non-hydrogen) atoms. The van der Waals surface area contributed by atoms with Crippen LogP contribution in [0, 0.1) is 0 Å². The van der Waals surface area contributed by atoms with E-state index in [-0.39, 0.29) is 0 Å². The molecule has 0 aromatic heterocycles. The number of nitrogens with two attached hydrogens (primary N) is 1. The Hall–Kier alpha value is -0.260. The number of hydrogen-bond donors (Lipinski definition) is 3. The van der Waals surface area contributed by atoms with E-state index in [2.05, 4.69) is 4.52 Å². The second kappa shape index (κ2) is 3.94. The first-order valence-corrected chi connectivity index (χ1v) is 4.27. The molecule has 0 saturated heterocycles. The van der Waals surface area contributed by atoms with Crippen molar-refractivity contribution in [2.24, 2.45) is 5.73 Å². The van der Waals surface area contributed by atoms with Gasteiger partial charge in [-0.3, -0.25) is 9.32 Å². The maximum atomic E-state index is 10.1. The smallest absolute Gasteiger partial charge is 0.319 e. The van der Waals surface area contributed by atoms with Crippen LogP contribution in [0.5, 0.6) is 0 Å². The molecular formula is C4H9NO5P. The van der Waals surface area contributed by atoms with Crippen molar-refractivity contribution >= 4 is 14.1 Å². The van der Waals surface area contributed by atoms with Crippen LogP contribution in [0.2, 0.25) is 0 Å². The summed E-state index contributed by atoms with van der Waals surface area (Å²) in [7, 11) is -4.55. The normalized spacial score (nSPS) is 17.5. The van der Waals surface area contributed by atoms with Crippen molar-refractivity contribution in [3.05, 3.63) is 0 Å². The largest absolute Gasteiger partial charge is 0.469 e. The zero-order valence-corrected chi connectivity index (χ0v) is 6.69. The van der Waals surface area contributed by atoms with Crippen LogP contribution < -0.4 is 5.73 Å². The minimum Gasteiger partial charge on any atom is -0.319 e. The molecule has 0 aromatic carbocycles. The summed E-state index contributed by atoms with van der Waals surface area (Å²) in [6, 6.07) is -1.14. The van der Waals surface area contributed by atoms with Crippen molar-refractivity contribution < 1.29 is 23.7 Å². The Morgan fingerprint density at radius 1 is 1.64 bits per heavy atom. The summed E-state index contributed by atoms with van der Waals surface area (Å²) in [4.78, 5) is 26.3. The maximum absolute atomic E-state index is 10.1. The summed E-state index contributed by atoms with van der Waals surface area (Å²) < 4.78 is 14.2. The van der Waals surface area contributed by atoms with Gasteiger partial charge in [-0.2, -0.15) is 0 Å². The predicted octanol–water partition coefficient (Wildman–Crippen LogP) is -1.08. The van der Waals surface area contributed by atoms with Crippen molar-refractivity contribution in [2.45, 2.75) is 19.1 Å². The number of carbonyl (C=O) groups excluding carboxylic acids is 1. The van der Waals surface area contributed by atoms with Crippen LogP contribution in [-0.4, -0.2) is 28.2 Å². The van der Waals surface area contributed by atoms with E-state index in [9.17, 15) is 9.36 Å². The van der Waals surface area contributed by atoms with Crippen molar-refractivity contribution in [3.63, 3.8) is 0 Å². The fourth-order valence-electron chi connectivity index (χ4n) is 0.378. The van der Waals surface area contributed by atoms with Crippen LogP contribution in [0.15, 0.2) is 0 Å². The SMILES string of the molecule is C[C@@H](OP(=O)(O)O)[C@H](N)[C]=O. The Balaban J connectivity index is 3.97. The minimum absolute atomic E-state index is 1.03. The van der Waals surface area contributed by atoms with Crippen LogP contribution in [0.1, 0.15) is 6.92 Å².